The lowest BCUT2D eigenvalue weighted by Gasteiger charge is -2.20. The lowest BCUT2D eigenvalue weighted by Crippen LogP contribution is -2.31. The highest BCUT2D eigenvalue weighted by Gasteiger charge is 2.14. The van der Waals surface area contributed by atoms with Gasteiger partial charge in [0.15, 0.2) is 0 Å². The summed E-state index contributed by atoms with van der Waals surface area (Å²) in [4.78, 5) is 19.1. The molecule has 3 N–H and O–H groups in total. The second-order valence-electron chi connectivity index (χ2n) is 8.83. The van der Waals surface area contributed by atoms with Crippen molar-refractivity contribution in [2.24, 2.45) is 0 Å². The number of aliphatic hydroxyl groups is 1. The molecule has 1 unspecified atom stereocenters. The second kappa shape index (κ2) is 20.9. The number of phosphoric ester groups is 1. The molecule has 7 heteroatoms. The van der Waals surface area contributed by atoms with Crippen molar-refractivity contribution in [3.8, 4) is 0 Å². The predicted molar refractivity (Wildman–Crippen MR) is 126 cm³/mol. The Labute approximate surface area is 186 Å². The Morgan fingerprint density at radius 1 is 0.767 bits per heavy atom. The van der Waals surface area contributed by atoms with Gasteiger partial charge in [-0.1, -0.05) is 110 Å². The smallest absolute Gasteiger partial charge is 0.392 e. The van der Waals surface area contributed by atoms with Crippen molar-refractivity contribution >= 4 is 7.82 Å². The molecule has 0 saturated heterocycles. The van der Waals surface area contributed by atoms with E-state index in [9.17, 15) is 9.67 Å². The molecule has 0 aromatic carbocycles. The van der Waals surface area contributed by atoms with Gasteiger partial charge < -0.3 is 19.8 Å². The topological polar surface area (TPSA) is 90.2 Å². The normalized spacial score (nSPS) is 13.3. The van der Waals surface area contributed by atoms with Crippen LogP contribution < -0.4 is 0 Å². The van der Waals surface area contributed by atoms with Crippen LogP contribution in [0.3, 0.4) is 0 Å². The summed E-state index contributed by atoms with van der Waals surface area (Å²) in [7, 11) is -2.57. The largest absolute Gasteiger partial charge is 0.469 e. The average Bonchev–Trinajstić information content (AvgIpc) is 2.66. The monoisotopic (exact) mass is 451 g/mol. The minimum absolute atomic E-state index is 0.0352. The molecule has 182 valence electrons. The zero-order valence-corrected chi connectivity index (χ0v) is 20.7. The lowest BCUT2D eigenvalue weighted by atomic mass is 10.0. The van der Waals surface area contributed by atoms with Gasteiger partial charge in [0.1, 0.15) is 0 Å². The van der Waals surface area contributed by atoms with Crippen LogP contribution in [0, 0.1) is 0 Å². The van der Waals surface area contributed by atoms with E-state index in [4.69, 9.17) is 9.79 Å². The molecule has 0 aliphatic rings. The van der Waals surface area contributed by atoms with Gasteiger partial charge in [-0.15, -0.1) is 0 Å². The Hall–Kier alpha value is 0.0300. The van der Waals surface area contributed by atoms with Crippen molar-refractivity contribution < 1.29 is 24.0 Å². The Balaban J connectivity index is 3.28. The molecule has 0 aromatic heterocycles. The molecular weight excluding hydrogens is 401 g/mol. The maximum Gasteiger partial charge on any atom is 0.469 e. The SMILES string of the molecule is CCCCCCCCCCCCCCCCCCC(O)CN(C)CCOP(=O)(O)O. The van der Waals surface area contributed by atoms with Crippen molar-refractivity contribution in [1.29, 1.82) is 0 Å². The van der Waals surface area contributed by atoms with E-state index in [2.05, 4.69) is 11.4 Å². The number of nitrogens with zero attached hydrogens (tertiary/aromatic N) is 1. The van der Waals surface area contributed by atoms with Gasteiger partial charge in [-0.25, -0.2) is 4.57 Å². The van der Waals surface area contributed by atoms with Gasteiger partial charge in [-0.2, -0.15) is 0 Å². The van der Waals surface area contributed by atoms with E-state index in [0.717, 1.165) is 12.8 Å². The number of rotatable bonds is 23. The number of likely N-dealkylation sites (N-methyl/N-ethyl adjacent to an activating group) is 1. The summed E-state index contributed by atoms with van der Waals surface area (Å²) in [6.07, 6.45) is 21.9. The van der Waals surface area contributed by atoms with Crippen LogP contribution in [0.25, 0.3) is 0 Å². The van der Waals surface area contributed by atoms with E-state index in [1.165, 1.54) is 96.3 Å². The van der Waals surface area contributed by atoms with E-state index >= 15 is 0 Å². The maximum absolute atomic E-state index is 10.6. The van der Waals surface area contributed by atoms with E-state index < -0.39 is 13.9 Å². The molecule has 0 spiro atoms. The summed E-state index contributed by atoms with van der Waals surface area (Å²) < 4.78 is 15.0. The molecule has 0 fully saturated rings. The molecule has 1 atom stereocenters. The first-order valence-electron chi connectivity index (χ1n) is 12.4. The summed E-state index contributed by atoms with van der Waals surface area (Å²) in [6.45, 7) is 3.13. The molecule has 0 bridgehead atoms. The molecule has 0 aromatic rings. The first-order chi connectivity index (χ1) is 14.3. The van der Waals surface area contributed by atoms with E-state index in [-0.39, 0.29) is 6.61 Å². The highest BCUT2D eigenvalue weighted by molar-refractivity contribution is 7.46. The van der Waals surface area contributed by atoms with Crippen molar-refractivity contribution in [2.75, 3.05) is 26.7 Å². The summed E-state index contributed by atoms with van der Waals surface area (Å²) in [5, 5.41) is 10.1. The zero-order valence-electron chi connectivity index (χ0n) is 19.8. The van der Waals surface area contributed by atoms with Gasteiger partial charge in [-0.3, -0.25) is 4.52 Å². The third-order valence-electron chi connectivity index (χ3n) is 5.65. The van der Waals surface area contributed by atoms with Crippen LogP contribution in [0.4, 0.5) is 0 Å². The molecule has 0 rings (SSSR count). The van der Waals surface area contributed by atoms with Crippen molar-refractivity contribution in [3.63, 3.8) is 0 Å². The third-order valence-corrected chi connectivity index (χ3v) is 6.16. The lowest BCUT2D eigenvalue weighted by molar-refractivity contribution is 0.102. The number of unbranched alkanes of at least 4 members (excludes halogenated alkanes) is 15. The molecule has 0 radical (unpaired) electrons. The molecule has 0 amide bonds. The van der Waals surface area contributed by atoms with E-state index in [1.54, 1.807) is 0 Å². The fraction of sp³-hybridized carbons (Fsp3) is 1.00. The number of aliphatic hydroxyl groups excluding tert-OH is 1. The van der Waals surface area contributed by atoms with Crippen LogP contribution >= 0.6 is 7.82 Å². The fourth-order valence-corrected chi connectivity index (χ4v) is 4.11. The van der Waals surface area contributed by atoms with Gasteiger partial charge in [-0.05, 0) is 13.5 Å². The van der Waals surface area contributed by atoms with Gasteiger partial charge >= 0.3 is 7.82 Å². The molecule has 0 aliphatic carbocycles. The minimum atomic E-state index is -4.39. The number of hydrogen-bond acceptors (Lipinski definition) is 4. The summed E-state index contributed by atoms with van der Waals surface area (Å²) >= 11 is 0. The summed E-state index contributed by atoms with van der Waals surface area (Å²) in [6, 6.07) is 0. The minimum Gasteiger partial charge on any atom is -0.392 e. The molecular formula is C23H50NO5P. The van der Waals surface area contributed by atoms with Crippen molar-refractivity contribution in [2.45, 2.75) is 122 Å². The quantitative estimate of drug-likeness (QED) is 0.130. The van der Waals surface area contributed by atoms with Crippen LogP contribution in [0.5, 0.6) is 0 Å². The van der Waals surface area contributed by atoms with E-state index in [0.29, 0.717) is 13.1 Å². The Morgan fingerprint density at radius 2 is 1.17 bits per heavy atom. The van der Waals surface area contributed by atoms with Gasteiger partial charge in [0.05, 0.1) is 12.7 Å². The van der Waals surface area contributed by atoms with Crippen LogP contribution in [-0.2, 0) is 9.09 Å². The highest BCUT2D eigenvalue weighted by Crippen LogP contribution is 2.35. The Morgan fingerprint density at radius 3 is 1.57 bits per heavy atom. The zero-order chi connectivity index (χ0) is 22.5. The molecule has 0 aliphatic heterocycles. The maximum atomic E-state index is 10.6. The molecule has 6 nitrogen and oxygen atoms in total. The average molecular weight is 452 g/mol. The van der Waals surface area contributed by atoms with Crippen molar-refractivity contribution in [1.82, 2.24) is 4.90 Å². The highest BCUT2D eigenvalue weighted by atomic mass is 31.2. The van der Waals surface area contributed by atoms with Crippen molar-refractivity contribution in [3.05, 3.63) is 0 Å². The Kier molecular flexibility index (Phi) is 20.9. The second-order valence-corrected chi connectivity index (χ2v) is 10.1. The van der Waals surface area contributed by atoms with Gasteiger partial charge in [0.2, 0.25) is 0 Å². The van der Waals surface area contributed by atoms with Gasteiger partial charge in [0, 0.05) is 13.1 Å². The fourth-order valence-electron chi connectivity index (χ4n) is 3.79. The molecule has 0 saturated carbocycles. The van der Waals surface area contributed by atoms with Crippen LogP contribution in [0.2, 0.25) is 0 Å². The summed E-state index contributed by atoms with van der Waals surface area (Å²) in [5.74, 6) is 0. The van der Waals surface area contributed by atoms with Crippen LogP contribution in [-0.4, -0.2) is 52.6 Å². The molecule has 0 heterocycles. The first-order valence-corrected chi connectivity index (χ1v) is 13.9. The van der Waals surface area contributed by atoms with Crippen LogP contribution in [0.1, 0.15) is 116 Å². The number of hydrogen-bond donors (Lipinski definition) is 3. The van der Waals surface area contributed by atoms with E-state index in [1.807, 2.05) is 11.9 Å². The number of phosphoric acid groups is 1. The predicted octanol–water partition coefficient (Wildman–Crippen LogP) is 6.04. The van der Waals surface area contributed by atoms with Crippen LogP contribution in [0.15, 0.2) is 0 Å². The standard InChI is InChI=1S/C23H50NO5P/c1-3-4-5-6-7-8-9-10-11-12-13-14-15-16-17-18-19-23(25)22-24(2)20-21-29-30(26,27)28/h23,25H,3-22H2,1-2H3,(H2,26,27,28). The Bertz CT molecular complexity index is 405. The summed E-state index contributed by atoms with van der Waals surface area (Å²) in [5.41, 5.74) is 0. The third kappa shape index (κ3) is 24.3. The van der Waals surface area contributed by atoms with Gasteiger partial charge in [0.25, 0.3) is 0 Å². The molecule has 30 heavy (non-hydrogen) atoms. The first kappa shape index (κ1) is 30.0.